The van der Waals surface area contributed by atoms with Crippen LogP contribution in [0, 0.1) is 0 Å². The Labute approximate surface area is 139 Å². The molecule has 0 fully saturated rings. The Morgan fingerprint density at radius 3 is 2.74 bits per heavy atom. The van der Waals surface area contributed by atoms with E-state index in [4.69, 9.17) is 4.74 Å². The summed E-state index contributed by atoms with van der Waals surface area (Å²) in [5.41, 5.74) is 2.26. The van der Waals surface area contributed by atoms with Gasteiger partial charge in [-0.05, 0) is 62.8 Å². The Hall–Kier alpha value is -1.97. The fraction of sp³-hybridized carbons (Fsp3) is 0.526. The normalized spacial score (nSPS) is 14.0. The van der Waals surface area contributed by atoms with Crippen molar-refractivity contribution in [1.82, 2.24) is 5.32 Å². The van der Waals surface area contributed by atoms with Gasteiger partial charge in [-0.2, -0.15) is 0 Å². The molecule has 4 heteroatoms. The van der Waals surface area contributed by atoms with Gasteiger partial charge in [0.25, 0.3) is 0 Å². The average molecular weight is 316 g/mol. The lowest BCUT2D eigenvalue weighted by atomic mass is 9.97. The molecule has 2 rings (SSSR count). The monoisotopic (exact) mass is 316 g/mol. The Morgan fingerprint density at radius 1 is 1.22 bits per heavy atom. The van der Waals surface area contributed by atoms with E-state index in [2.05, 4.69) is 23.6 Å². The highest BCUT2D eigenvalue weighted by Gasteiger charge is 2.05. The maximum Gasteiger partial charge on any atom is 0.319 e. The van der Waals surface area contributed by atoms with Crippen molar-refractivity contribution in [3.63, 3.8) is 0 Å². The number of allylic oxidation sites excluding steroid dienone is 1. The van der Waals surface area contributed by atoms with Crippen molar-refractivity contribution in [1.29, 1.82) is 0 Å². The largest absolute Gasteiger partial charge is 0.494 e. The number of hydrogen-bond donors (Lipinski definition) is 2. The van der Waals surface area contributed by atoms with Gasteiger partial charge >= 0.3 is 6.03 Å². The number of anilines is 1. The number of urea groups is 1. The first kappa shape index (κ1) is 17.4. The third-order valence-electron chi connectivity index (χ3n) is 4.00. The summed E-state index contributed by atoms with van der Waals surface area (Å²) in [5, 5.41) is 5.76. The number of hydrogen-bond acceptors (Lipinski definition) is 2. The van der Waals surface area contributed by atoms with Crippen LogP contribution in [0.1, 0.15) is 51.9 Å². The lowest BCUT2D eigenvalue weighted by Gasteiger charge is -2.13. The van der Waals surface area contributed by atoms with E-state index in [9.17, 15) is 4.79 Å². The fourth-order valence-corrected chi connectivity index (χ4v) is 2.61. The highest BCUT2D eigenvalue weighted by molar-refractivity contribution is 5.89. The van der Waals surface area contributed by atoms with Crippen LogP contribution >= 0.6 is 0 Å². The van der Waals surface area contributed by atoms with Crippen molar-refractivity contribution in [3.8, 4) is 5.75 Å². The number of carbonyl (C=O) groups excluding carboxylic acids is 1. The molecule has 126 valence electrons. The number of amides is 2. The second-order valence-electron chi connectivity index (χ2n) is 5.97. The van der Waals surface area contributed by atoms with Crippen LogP contribution in [0.4, 0.5) is 10.5 Å². The van der Waals surface area contributed by atoms with Crippen LogP contribution in [0.3, 0.4) is 0 Å². The van der Waals surface area contributed by atoms with Crippen molar-refractivity contribution in [2.24, 2.45) is 0 Å². The molecule has 1 aliphatic carbocycles. The minimum atomic E-state index is -0.152. The second kappa shape index (κ2) is 9.93. The van der Waals surface area contributed by atoms with Gasteiger partial charge in [-0.15, -0.1) is 0 Å². The summed E-state index contributed by atoms with van der Waals surface area (Å²) in [4.78, 5) is 11.9. The average Bonchev–Trinajstić information content (AvgIpc) is 2.58. The zero-order chi connectivity index (χ0) is 16.3. The van der Waals surface area contributed by atoms with Crippen molar-refractivity contribution >= 4 is 11.7 Å². The highest BCUT2D eigenvalue weighted by atomic mass is 16.5. The number of carbonyl (C=O) groups is 1. The quantitative estimate of drug-likeness (QED) is 0.530. The molecule has 0 saturated carbocycles. The first-order valence-corrected chi connectivity index (χ1v) is 8.73. The molecular formula is C19H28N2O2. The van der Waals surface area contributed by atoms with E-state index in [0.717, 1.165) is 37.3 Å². The lowest BCUT2D eigenvalue weighted by molar-refractivity contribution is 0.252. The van der Waals surface area contributed by atoms with Gasteiger partial charge in [0.1, 0.15) is 5.75 Å². The summed E-state index contributed by atoms with van der Waals surface area (Å²) in [7, 11) is 0. The molecule has 2 N–H and O–H groups in total. The lowest BCUT2D eigenvalue weighted by Crippen LogP contribution is -2.29. The summed E-state index contributed by atoms with van der Waals surface area (Å²) < 4.78 is 5.60. The first-order valence-electron chi connectivity index (χ1n) is 8.73. The minimum Gasteiger partial charge on any atom is -0.494 e. The first-order chi connectivity index (χ1) is 11.3. The molecule has 1 aromatic rings. The van der Waals surface area contributed by atoms with Gasteiger partial charge in [0.2, 0.25) is 0 Å². The standard InChI is InChI=1S/C19H28N2O2/c1-2-3-15-23-18-11-9-17(10-12-18)21-19(22)20-14-13-16-7-5-4-6-8-16/h7,9-12H,2-6,8,13-15H2,1H3,(H2,20,21,22). The van der Waals surface area contributed by atoms with Gasteiger partial charge in [-0.1, -0.05) is 25.0 Å². The van der Waals surface area contributed by atoms with Gasteiger partial charge in [0.05, 0.1) is 6.61 Å². The summed E-state index contributed by atoms with van der Waals surface area (Å²) in [5.74, 6) is 0.841. The molecule has 1 aliphatic rings. The fourth-order valence-electron chi connectivity index (χ4n) is 2.61. The number of nitrogens with one attached hydrogen (secondary N) is 2. The van der Waals surface area contributed by atoms with Crippen LogP contribution in [0.25, 0.3) is 0 Å². The third kappa shape index (κ3) is 6.76. The second-order valence-corrected chi connectivity index (χ2v) is 5.97. The van der Waals surface area contributed by atoms with Crippen LogP contribution in [-0.2, 0) is 0 Å². The van der Waals surface area contributed by atoms with E-state index in [1.807, 2.05) is 24.3 Å². The smallest absolute Gasteiger partial charge is 0.319 e. The molecule has 1 aromatic carbocycles. The van der Waals surface area contributed by atoms with Crippen molar-refractivity contribution < 1.29 is 9.53 Å². The maximum absolute atomic E-state index is 11.9. The molecule has 0 unspecified atom stereocenters. The number of rotatable bonds is 8. The number of benzene rings is 1. The van der Waals surface area contributed by atoms with Crippen LogP contribution in [0.5, 0.6) is 5.75 Å². The van der Waals surface area contributed by atoms with E-state index >= 15 is 0 Å². The van der Waals surface area contributed by atoms with Gasteiger partial charge < -0.3 is 15.4 Å². The van der Waals surface area contributed by atoms with E-state index < -0.39 is 0 Å². The summed E-state index contributed by atoms with van der Waals surface area (Å²) in [6.07, 6.45) is 10.4. The molecule has 0 radical (unpaired) electrons. The van der Waals surface area contributed by atoms with E-state index in [1.54, 1.807) is 0 Å². The topological polar surface area (TPSA) is 50.4 Å². The van der Waals surface area contributed by atoms with Crippen LogP contribution in [0.15, 0.2) is 35.9 Å². The SMILES string of the molecule is CCCCOc1ccc(NC(=O)NCCC2=CCCCC2)cc1. The van der Waals surface area contributed by atoms with E-state index in [0.29, 0.717) is 6.54 Å². The molecule has 0 spiro atoms. The summed E-state index contributed by atoms with van der Waals surface area (Å²) >= 11 is 0. The van der Waals surface area contributed by atoms with E-state index in [1.165, 1.54) is 31.3 Å². The molecule has 4 nitrogen and oxygen atoms in total. The minimum absolute atomic E-state index is 0.152. The predicted octanol–water partition coefficient (Wildman–Crippen LogP) is 4.88. The van der Waals surface area contributed by atoms with Crippen molar-refractivity contribution in [2.45, 2.75) is 51.9 Å². The molecule has 23 heavy (non-hydrogen) atoms. The molecule has 0 bridgehead atoms. The maximum atomic E-state index is 11.9. The highest BCUT2D eigenvalue weighted by Crippen LogP contribution is 2.19. The summed E-state index contributed by atoms with van der Waals surface area (Å²) in [6, 6.07) is 7.35. The third-order valence-corrected chi connectivity index (χ3v) is 4.00. The van der Waals surface area contributed by atoms with Crippen LogP contribution in [-0.4, -0.2) is 19.2 Å². The van der Waals surface area contributed by atoms with Gasteiger partial charge in [-0.3, -0.25) is 0 Å². The Bertz CT molecular complexity index is 509. The number of ether oxygens (including phenoxy) is 1. The zero-order valence-corrected chi connectivity index (χ0v) is 14.1. The Morgan fingerprint density at radius 2 is 2.04 bits per heavy atom. The van der Waals surface area contributed by atoms with E-state index in [-0.39, 0.29) is 6.03 Å². The molecule has 0 saturated heterocycles. The van der Waals surface area contributed by atoms with Crippen LogP contribution in [0.2, 0.25) is 0 Å². The predicted molar refractivity (Wildman–Crippen MR) is 95.0 cm³/mol. The molecule has 0 atom stereocenters. The van der Waals surface area contributed by atoms with Gasteiger partial charge in [0, 0.05) is 12.2 Å². The Balaban J connectivity index is 1.67. The molecule has 0 aromatic heterocycles. The van der Waals surface area contributed by atoms with Crippen molar-refractivity contribution in [3.05, 3.63) is 35.9 Å². The molecule has 0 aliphatic heterocycles. The molecular weight excluding hydrogens is 288 g/mol. The summed E-state index contributed by atoms with van der Waals surface area (Å²) in [6.45, 7) is 3.56. The van der Waals surface area contributed by atoms with Gasteiger partial charge in [0.15, 0.2) is 0 Å². The molecule has 0 heterocycles. The number of unbranched alkanes of at least 4 members (excludes halogenated alkanes) is 1. The van der Waals surface area contributed by atoms with Crippen molar-refractivity contribution in [2.75, 3.05) is 18.5 Å². The zero-order valence-electron chi connectivity index (χ0n) is 14.1. The Kier molecular flexibility index (Phi) is 7.50. The van der Waals surface area contributed by atoms with Crippen LogP contribution < -0.4 is 15.4 Å². The molecule has 2 amide bonds. The van der Waals surface area contributed by atoms with Gasteiger partial charge in [-0.25, -0.2) is 4.79 Å².